The number of hydrogen-bond acceptors (Lipinski definition) is 7. The topological polar surface area (TPSA) is 92.5 Å². The number of fused-ring (bicyclic) bond motifs is 1. The van der Waals surface area contributed by atoms with Crippen molar-refractivity contribution >= 4 is 57.4 Å². The van der Waals surface area contributed by atoms with Crippen molar-refractivity contribution in [1.82, 2.24) is 15.3 Å². The predicted molar refractivity (Wildman–Crippen MR) is 127 cm³/mol. The lowest BCUT2D eigenvalue weighted by Gasteiger charge is -2.02. The zero-order valence-electron chi connectivity index (χ0n) is 17.0. The largest absolute Gasteiger partial charge is 0.494 e. The number of aromatic amines is 1. The van der Waals surface area contributed by atoms with Gasteiger partial charge in [0.2, 0.25) is 0 Å². The highest BCUT2D eigenvalue weighted by Crippen LogP contribution is 2.32. The summed E-state index contributed by atoms with van der Waals surface area (Å²) < 4.78 is 11.3. The lowest BCUT2D eigenvalue weighted by atomic mass is 10.3. The summed E-state index contributed by atoms with van der Waals surface area (Å²) in [5.74, 6) is 1.17. The van der Waals surface area contributed by atoms with Gasteiger partial charge in [0.1, 0.15) is 11.5 Å². The van der Waals surface area contributed by atoms with E-state index in [1.165, 1.54) is 23.5 Å². The number of aliphatic imine (C=N–C) groups is 1. The van der Waals surface area contributed by atoms with E-state index >= 15 is 0 Å². The molecule has 0 bridgehead atoms. The molecule has 1 saturated heterocycles. The first-order valence-electron chi connectivity index (χ1n) is 9.91. The molecule has 5 rings (SSSR count). The van der Waals surface area contributed by atoms with E-state index in [4.69, 9.17) is 9.15 Å². The van der Waals surface area contributed by atoms with Crippen molar-refractivity contribution in [2.45, 2.75) is 17.2 Å². The summed E-state index contributed by atoms with van der Waals surface area (Å²) in [6.07, 6.45) is 1.71. The fourth-order valence-electron chi connectivity index (χ4n) is 3.05. The number of nitrogens with zero attached hydrogens (tertiary/aromatic N) is 2. The summed E-state index contributed by atoms with van der Waals surface area (Å²) in [6.45, 7) is 2.55. The average Bonchev–Trinajstić information content (AvgIpc) is 3.49. The summed E-state index contributed by atoms with van der Waals surface area (Å²) in [5.41, 5.74) is 2.62. The van der Waals surface area contributed by atoms with E-state index in [0.717, 1.165) is 27.6 Å². The number of H-pyrrole nitrogens is 1. The van der Waals surface area contributed by atoms with E-state index in [-0.39, 0.29) is 5.91 Å². The van der Waals surface area contributed by atoms with Crippen LogP contribution in [0.4, 0.5) is 5.69 Å². The third-order valence-electron chi connectivity index (χ3n) is 4.47. The van der Waals surface area contributed by atoms with E-state index in [9.17, 15) is 4.79 Å². The maximum Gasteiger partial charge on any atom is 0.264 e. The lowest BCUT2D eigenvalue weighted by molar-refractivity contribution is -0.115. The van der Waals surface area contributed by atoms with Crippen LogP contribution in [0.3, 0.4) is 0 Å². The highest BCUT2D eigenvalue weighted by atomic mass is 32.2. The molecular weight excluding hydrogens is 444 g/mol. The second-order valence-corrected chi connectivity index (χ2v) is 8.75. The smallest absolute Gasteiger partial charge is 0.264 e. The van der Waals surface area contributed by atoms with Crippen molar-refractivity contribution < 1.29 is 13.9 Å². The molecule has 2 N–H and O–H groups in total. The number of benzene rings is 2. The third kappa shape index (κ3) is 4.58. The van der Waals surface area contributed by atoms with Crippen LogP contribution in [0.1, 0.15) is 12.7 Å². The van der Waals surface area contributed by atoms with Gasteiger partial charge in [-0.1, -0.05) is 12.1 Å². The number of thioether (sulfide) groups is 1. The maximum absolute atomic E-state index is 12.4. The zero-order chi connectivity index (χ0) is 21.9. The third-order valence-corrected chi connectivity index (χ3v) is 6.19. The molecule has 32 heavy (non-hydrogen) atoms. The standard InChI is InChI=1S/C23H18N4O3S2/c1-2-29-15-9-7-14(8-10-15)24-22-27-21(28)19(31-22)13-16-11-12-20(30-16)32-23-25-17-5-3-4-6-18(17)26-23/h3-13H,2H2,1H3,(H,25,26)(H,24,27,28). The maximum atomic E-state index is 12.4. The molecule has 9 heteroatoms. The Morgan fingerprint density at radius 2 is 2.00 bits per heavy atom. The van der Waals surface area contributed by atoms with Gasteiger partial charge in [-0.05, 0) is 79.0 Å². The Kier molecular flexibility index (Phi) is 5.74. The van der Waals surface area contributed by atoms with Crippen LogP contribution in [0.25, 0.3) is 17.1 Å². The number of furan rings is 1. The zero-order valence-corrected chi connectivity index (χ0v) is 18.6. The number of para-hydroxylation sites is 2. The lowest BCUT2D eigenvalue weighted by Crippen LogP contribution is -2.19. The number of amides is 1. The van der Waals surface area contributed by atoms with Crippen molar-refractivity contribution in [3.63, 3.8) is 0 Å². The summed E-state index contributed by atoms with van der Waals surface area (Å²) in [4.78, 5) is 25.2. The number of ether oxygens (including phenoxy) is 1. The van der Waals surface area contributed by atoms with Crippen LogP contribution in [0, 0.1) is 0 Å². The molecule has 0 radical (unpaired) electrons. The summed E-state index contributed by atoms with van der Waals surface area (Å²) in [6, 6.07) is 18.9. The molecule has 0 aliphatic carbocycles. The number of hydrogen-bond donors (Lipinski definition) is 2. The Bertz CT molecular complexity index is 1310. The van der Waals surface area contributed by atoms with Crippen LogP contribution < -0.4 is 10.1 Å². The van der Waals surface area contributed by atoms with E-state index in [0.29, 0.717) is 27.5 Å². The molecule has 0 saturated carbocycles. The second-order valence-electron chi connectivity index (χ2n) is 6.73. The summed E-state index contributed by atoms with van der Waals surface area (Å²) in [7, 11) is 0. The van der Waals surface area contributed by atoms with Gasteiger partial charge in [-0.15, -0.1) is 0 Å². The van der Waals surface area contributed by atoms with Gasteiger partial charge in [-0.25, -0.2) is 9.98 Å². The number of rotatable bonds is 6. The summed E-state index contributed by atoms with van der Waals surface area (Å²) >= 11 is 2.67. The first kappa shape index (κ1) is 20.5. The van der Waals surface area contributed by atoms with Gasteiger partial charge in [0, 0.05) is 6.08 Å². The van der Waals surface area contributed by atoms with E-state index in [1.807, 2.05) is 67.6 Å². The summed E-state index contributed by atoms with van der Waals surface area (Å²) in [5, 5.41) is 4.74. The fourth-order valence-corrected chi connectivity index (χ4v) is 4.64. The predicted octanol–water partition coefficient (Wildman–Crippen LogP) is 5.60. The van der Waals surface area contributed by atoms with Crippen molar-refractivity contribution in [2.75, 3.05) is 6.61 Å². The minimum Gasteiger partial charge on any atom is -0.494 e. The van der Waals surface area contributed by atoms with Gasteiger partial charge in [0.15, 0.2) is 15.4 Å². The molecule has 160 valence electrons. The molecular formula is C23H18N4O3S2. The van der Waals surface area contributed by atoms with Crippen LogP contribution in [0.5, 0.6) is 5.75 Å². The first-order chi connectivity index (χ1) is 15.7. The van der Waals surface area contributed by atoms with Gasteiger partial charge >= 0.3 is 0 Å². The number of carbonyl (C=O) groups excluding carboxylic acids is 1. The van der Waals surface area contributed by atoms with Crippen molar-refractivity contribution in [3.8, 4) is 5.75 Å². The molecule has 1 fully saturated rings. The van der Waals surface area contributed by atoms with E-state index < -0.39 is 0 Å². The van der Waals surface area contributed by atoms with Crippen LogP contribution in [-0.4, -0.2) is 27.6 Å². The van der Waals surface area contributed by atoms with Crippen LogP contribution in [-0.2, 0) is 4.79 Å². The second kappa shape index (κ2) is 8.97. The minimum absolute atomic E-state index is 0.206. The fraction of sp³-hybridized carbons (Fsp3) is 0.0870. The molecule has 0 atom stereocenters. The van der Waals surface area contributed by atoms with Gasteiger partial charge < -0.3 is 19.5 Å². The number of carbonyl (C=O) groups is 1. The Labute approximate surface area is 192 Å². The highest BCUT2D eigenvalue weighted by Gasteiger charge is 2.24. The Balaban J connectivity index is 1.27. The molecule has 1 aliphatic heterocycles. The number of amidine groups is 1. The van der Waals surface area contributed by atoms with Crippen molar-refractivity contribution in [3.05, 3.63) is 71.3 Å². The molecule has 0 unspecified atom stereocenters. The Hall–Kier alpha value is -3.43. The Morgan fingerprint density at radius 1 is 1.16 bits per heavy atom. The monoisotopic (exact) mass is 462 g/mol. The van der Waals surface area contributed by atoms with Gasteiger partial charge in [0.25, 0.3) is 5.91 Å². The number of aromatic nitrogens is 2. The molecule has 2 aromatic carbocycles. The van der Waals surface area contributed by atoms with Crippen molar-refractivity contribution in [1.29, 1.82) is 0 Å². The molecule has 2 aromatic heterocycles. The van der Waals surface area contributed by atoms with Crippen LogP contribution in [0.2, 0.25) is 0 Å². The van der Waals surface area contributed by atoms with E-state index in [1.54, 1.807) is 6.08 Å². The average molecular weight is 463 g/mol. The van der Waals surface area contributed by atoms with Crippen molar-refractivity contribution in [2.24, 2.45) is 4.99 Å². The SMILES string of the molecule is CCOc1ccc(N=C2NC(=O)C(=Cc3ccc(Sc4nc5ccccc5[nH]4)o3)S2)cc1. The molecule has 7 nitrogen and oxygen atoms in total. The minimum atomic E-state index is -0.206. The molecule has 1 amide bonds. The number of imidazole rings is 1. The van der Waals surface area contributed by atoms with Gasteiger partial charge in [-0.3, -0.25) is 4.79 Å². The van der Waals surface area contributed by atoms with Gasteiger partial charge in [-0.2, -0.15) is 0 Å². The first-order valence-corrected chi connectivity index (χ1v) is 11.5. The molecule has 1 aliphatic rings. The van der Waals surface area contributed by atoms with Gasteiger partial charge in [0.05, 0.1) is 28.2 Å². The molecule has 3 heterocycles. The Morgan fingerprint density at radius 3 is 2.81 bits per heavy atom. The molecule has 4 aromatic rings. The molecule has 0 spiro atoms. The van der Waals surface area contributed by atoms with Crippen LogP contribution in [0.15, 0.2) is 85.2 Å². The normalized spacial score (nSPS) is 16.2. The quantitative estimate of drug-likeness (QED) is 0.363. The van der Waals surface area contributed by atoms with Crippen LogP contribution >= 0.6 is 23.5 Å². The number of nitrogens with one attached hydrogen (secondary N) is 2. The highest BCUT2D eigenvalue weighted by molar-refractivity contribution is 8.18. The van der Waals surface area contributed by atoms with E-state index in [2.05, 4.69) is 20.3 Å².